The van der Waals surface area contributed by atoms with Crippen LogP contribution in [0, 0.1) is 10.8 Å². The third kappa shape index (κ3) is 20.3. The third-order valence-electron chi connectivity index (χ3n) is 8.64. The molecule has 340 valence electrons. The molecule has 0 heterocycles. The van der Waals surface area contributed by atoms with Gasteiger partial charge in [-0.1, -0.05) is 63.7 Å². The number of esters is 4. The van der Waals surface area contributed by atoms with Crippen molar-refractivity contribution in [2.75, 3.05) is 46.2 Å². The summed E-state index contributed by atoms with van der Waals surface area (Å²) >= 11 is 0. The molecule has 62 heavy (non-hydrogen) atoms. The topological polar surface area (TPSA) is 228 Å². The number of nitrogens with one attached hydrogen (secondary N) is 2. The van der Waals surface area contributed by atoms with Crippen LogP contribution >= 0.6 is 0 Å². The summed E-state index contributed by atoms with van der Waals surface area (Å²) in [4.78, 5) is 87.7. The minimum atomic E-state index is -1.49. The van der Waals surface area contributed by atoms with Crippen molar-refractivity contribution in [2.24, 2.45) is 10.8 Å². The number of aliphatic hydroxyl groups is 1. The van der Waals surface area contributed by atoms with E-state index >= 15 is 0 Å². The second kappa shape index (κ2) is 26.1. The highest BCUT2D eigenvalue weighted by Gasteiger charge is 2.39. The van der Waals surface area contributed by atoms with Crippen LogP contribution in [0.2, 0.25) is 0 Å². The molecule has 0 saturated heterocycles. The van der Waals surface area contributed by atoms with E-state index in [-0.39, 0.29) is 78.4 Å². The number of alkyl carbamates (subject to hydrolysis) is 2. The van der Waals surface area contributed by atoms with E-state index in [2.05, 4.69) is 50.1 Å². The van der Waals surface area contributed by atoms with E-state index < -0.39 is 86.2 Å². The number of amides is 2. The summed E-state index contributed by atoms with van der Waals surface area (Å²) in [6, 6.07) is 6.78. The lowest BCUT2D eigenvalue weighted by atomic mass is 9.84. The molecular weight excluding hydrogens is 808 g/mol. The van der Waals surface area contributed by atoms with Gasteiger partial charge in [0, 0.05) is 41.8 Å². The number of rotatable bonds is 28. The van der Waals surface area contributed by atoms with Crippen LogP contribution in [0.3, 0.4) is 0 Å². The highest BCUT2D eigenvalue weighted by atomic mass is 16.6. The van der Waals surface area contributed by atoms with E-state index in [1.54, 1.807) is 24.3 Å². The molecule has 1 rings (SSSR count). The molecule has 1 aromatic carbocycles. The average molecular weight is 869 g/mol. The van der Waals surface area contributed by atoms with Crippen LogP contribution in [0.25, 0.3) is 0 Å². The van der Waals surface area contributed by atoms with Gasteiger partial charge in [0.2, 0.25) is 0 Å². The van der Waals surface area contributed by atoms with Gasteiger partial charge in [0.15, 0.2) is 12.1 Å². The molecule has 1 atom stereocenters. The first-order valence-corrected chi connectivity index (χ1v) is 19.2. The number of ketones is 1. The Morgan fingerprint density at radius 2 is 0.903 bits per heavy atom. The van der Waals surface area contributed by atoms with Crippen molar-refractivity contribution >= 4 is 41.8 Å². The predicted octanol–water partition coefficient (Wildman–Crippen LogP) is 5.43. The van der Waals surface area contributed by atoms with E-state index in [1.165, 1.54) is 41.5 Å². The summed E-state index contributed by atoms with van der Waals surface area (Å²) in [5.74, 6) is -3.30. The fourth-order valence-electron chi connectivity index (χ4n) is 4.69. The number of allylic oxidation sites excluding steroid dienone is 1. The molecule has 17 nitrogen and oxygen atoms in total. The molecule has 0 radical (unpaired) electrons. The standard InChI is InChI=1S/C45H60N2O15/c1-28(2)36(48)16-17-44(21-56-37(49)29(3)4,22-57-38(50)30(5)6)23-61-42(54)46-19-34-14-13-15-35(18-34)20-47-43(55)62-27-45(24-58-39(51)31(7)8,25-59-40(52)32(9)10)26-60-41(53)33(11)12/h13-15,18,39,51H,1,3,5,7,9,11,16-17,19-27H2,2,4,6,8,10,12H3,(H,46,54)(H,47,55). The Morgan fingerprint density at radius 1 is 0.548 bits per heavy atom. The van der Waals surface area contributed by atoms with Crippen LogP contribution in [0.4, 0.5) is 9.59 Å². The van der Waals surface area contributed by atoms with E-state index in [0.717, 1.165) is 0 Å². The number of aliphatic hydroxyl groups excluding tert-OH is 1. The Hall–Kier alpha value is -6.33. The molecule has 2 amide bonds. The van der Waals surface area contributed by atoms with Gasteiger partial charge in [0.1, 0.15) is 39.6 Å². The molecule has 0 bridgehead atoms. The molecule has 0 fully saturated rings. The Kier molecular flexibility index (Phi) is 22.6. The van der Waals surface area contributed by atoms with Crippen molar-refractivity contribution in [2.45, 2.75) is 73.8 Å². The zero-order chi connectivity index (χ0) is 47.2. The molecule has 3 N–H and O–H groups in total. The van der Waals surface area contributed by atoms with E-state index in [0.29, 0.717) is 11.1 Å². The van der Waals surface area contributed by atoms with Crippen LogP contribution in [0.15, 0.2) is 97.2 Å². The molecule has 0 aliphatic rings. The number of hydrogen-bond acceptors (Lipinski definition) is 15. The quantitative estimate of drug-likeness (QED) is 0.0314. The van der Waals surface area contributed by atoms with Crippen molar-refractivity contribution in [3.8, 4) is 0 Å². The molecule has 0 aromatic heterocycles. The Morgan fingerprint density at radius 3 is 1.26 bits per heavy atom. The maximum atomic E-state index is 13.0. The van der Waals surface area contributed by atoms with Gasteiger partial charge in [-0.3, -0.25) is 4.79 Å². The van der Waals surface area contributed by atoms with Gasteiger partial charge in [-0.2, -0.15) is 0 Å². The van der Waals surface area contributed by atoms with Crippen LogP contribution in [0.5, 0.6) is 0 Å². The SMILES string of the molecule is C=C(C)C(=O)CCC(COC(=O)NCc1cccc(CNC(=O)OCC(COC(=O)C(=C)C)(COC(=O)C(=C)C)COC(O)C(=C)C)c1)(COC(=O)C(=C)C)COC(=O)C(=C)C. The zero-order valence-electron chi connectivity index (χ0n) is 36.6. The third-order valence-corrected chi connectivity index (χ3v) is 8.64. The summed E-state index contributed by atoms with van der Waals surface area (Å²) in [6.45, 7) is 27.2. The average Bonchev–Trinajstić information content (AvgIpc) is 3.22. The second-order valence-electron chi connectivity index (χ2n) is 15.3. The number of hydrogen-bond donors (Lipinski definition) is 3. The smallest absolute Gasteiger partial charge is 0.407 e. The fraction of sp³-hybridized carbons (Fsp3) is 0.444. The minimum Gasteiger partial charge on any atom is -0.461 e. The summed E-state index contributed by atoms with van der Waals surface area (Å²) in [5.41, 5.74) is -0.718. The molecule has 0 aliphatic heterocycles. The Labute approximate surface area is 362 Å². The van der Waals surface area contributed by atoms with Crippen molar-refractivity contribution in [3.05, 3.63) is 108 Å². The normalized spacial score (nSPS) is 11.4. The first-order chi connectivity index (χ1) is 28.9. The van der Waals surface area contributed by atoms with Crippen molar-refractivity contribution in [1.82, 2.24) is 10.6 Å². The molecule has 0 spiro atoms. The van der Waals surface area contributed by atoms with Crippen molar-refractivity contribution in [3.63, 3.8) is 0 Å². The van der Waals surface area contributed by atoms with Crippen LogP contribution in [-0.2, 0) is 70.2 Å². The molecule has 0 saturated carbocycles. The lowest BCUT2D eigenvalue weighted by Crippen LogP contribution is -2.45. The second-order valence-corrected chi connectivity index (χ2v) is 15.3. The summed E-state index contributed by atoms with van der Waals surface area (Å²) in [6.07, 6.45) is -3.30. The maximum Gasteiger partial charge on any atom is 0.407 e. The Bertz CT molecular complexity index is 1790. The number of carbonyl (C=O) groups is 7. The molecular formula is C45H60N2O15. The minimum absolute atomic E-state index is 0.00574. The Balaban J connectivity index is 3.10. The highest BCUT2D eigenvalue weighted by Crippen LogP contribution is 2.28. The van der Waals surface area contributed by atoms with Gasteiger partial charge in [-0.25, -0.2) is 28.8 Å². The number of carbonyl (C=O) groups excluding carboxylic acids is 7. The summed E-state index contributed by atoms with van der Waals surface area (Å²) in [7, 11) is 0. The van der Waals surface area contributed by atoms with Crippen molar-refractivity contribution in [1.29, 1.82) is 0 Å². The molecule has 17 heteroatoms. The van der Waals surface area contributed by atoms with Gasteiger partial charge in [-0.15, -0.1) is 0 Å². The van der Waals surface area contributed by atoms with E-state index in [1.807, 2.05) is 0 Å². The summed E-state index contributed by atoms with van der Waals surface area (Å²) in [5, 5.41) is 15.5. The first kappa shape index (κ1) is 53.7. The molecule has 1 unspecified atom stereocenters. The fourth-order valence-corrected chi connectivity index (χ4v) is 4.69. The zero-order valence-corrected chi connectivity index (χ0v) is 36.6. The van der Waals surface area contributed by atoms with E-state index in [4.69, 9.17) is 33.2 Å². The molecule has 1 aromatic rings. The van der Waals surface area contributed by atoms with Crippen LogP contribution < -0.4 is 10.6 Å². The maximum absolute atomic E-state index is 13.0. The number of ether oxygens (including phenoxy) is 7. The number of Topliss-reactive ketones (excluding diaryl/α,β-unsaturated/α-hetero) is 1. The largest absolute Gasteiger partial charge is 0.461 e. The van der Waals surface area contributed by atoms with Crippen molar-refractivity contribution < 1.29 is 71.8 Å². The van der Waals surface area contributed by atoms with Gasteiger partial charge in [-0.05, 0) is 70.2 Å². The van der Waals surface area contributed by atoms with Gasteiger partial charge < -0.3 is 48.9 Å². The van der Waals surface area contributed by atoms with Gasteiger partial charge in [0.05, 0.1) is 17.4 Å². The lowest BCUT2D eigenvalue weighted by molar-refractivity contribution is -0.166. The summed E-state index contributed by atoms with van der Waals surface area (Å²) < 4.78 is 38.0. The predicted molar refractivity (Wildman–Crippen MR) is 227 cm³/mol. The number of benzene rings is 1. The van der Waals surface area contributed by atoms with Crippen LogP contribution in [0.1, 0.15) is 65.5 Å². The highest BCUT2D eigenvalue weighted by molar-refractivity contribution is 5.94. The van der Waals surface area contributed by atoms with Gasteiger partial charge >= 0.3 is 36.1 Å². The molecule has 0 aliphatic carbocycles. The lowest BCUT2D eigenvalue weighted by Gasteiger charge is -2.32. The van der Waals surface area contributed by atoms with Crippen LogP contribution in [-0.4, -0.2) is 99.5 Å². The van der Waals surface area contributed by atoms with Gasteiger partial charge in [0.25, 0.3) is 0 Å². The monoisotopic (exact) mass is 868 g/mol. The van der Waals surface area contributed by atoms with E-state index in [9.17, 15) is 38.7 Å². The first-order valence-electron chi connectivity index (χ1n) is 19.2.